The Kier molecular flexibility index (Phi) is 7.40. The lowest BCUT2D eigenvalue weighted by Crippen LogP contribution is -2.18. The molecule has 2 amide bonds. The topological polar surface area (TPSA) is 96.9 Å². The predicted octanol–water partition coefficient (Wildman–Crippen LogP) is 4.92. The van der Waals surface area contributed by atoms with Gasteiger partial charge < -0.3 is 10.1 Å². The lowest BCUT2D eigenvalue weighted by atomic mass is 10.1. The van der Waals surface area contributed by atoms with Crippen molar-refractivity contribution >= 4 is 29.7 Å². The number of amides is 2. The van der Waals surface area contributed by atoms with Crippen molar-refractivity contribution in [2.45, 2.75) is 0 Å². The second-order valence-electron chi connectivity index (χ2n) is 7.39. The van der Waals surface area contributed by atoms with E-state index >= 15 is 0 Å². The molecule has 0 spiro atoms. The number of para-hydroxylation sites is 1. The quantitative estimate of drug-likeness (QED) is 0.176. The number of esters is 1. The summed E-state index contributed by atoms with van der Waals surface area (Å²) in [4.78, 5) is 37.3. The summed E-state index contributed by atoms with van der Waals surface area (Å²) in [6, 6.07) is 30.8. The number of carbonyl (C=O) groups excluding carboxylic acids is 3. The molecule has 0 aliphatic carbocycles. The van der Waals surface area contributed by atoms with Crippen LogP contribution in [0.2, 0.25) is 0 Å². The molecule has 0 unspecified atom stereocenters. The number of rotatable bonds is 7. The minimum absolute atomic E-state index is 0.275. The second kappa shape index (κ2) is 11.2. The van der Waals surface area contributed by atoms with E-state index in [-0.39, 0.29) is 5.91 Å². The normalized spacial score (nSPS) is 10.5. The Morgan fingerprint density at radius 1 is 0.657 bits per heavy atom. The van der Waals surface area contributed by atoms with Crippen molar-refractivity contribution in [1.82, 2.24) is 5.43 Å². The first-order valence-corrected chi connectivity index (χ1v) is 10.8. The Bertz CT molecular complexity index is 1370. The molecule has 0 aliphatic rings. The fourth-order valence-electron chi connectivity index (χ4n) is 3.17. The summed E-state index contributed by atoms with van der Waals surface area (Å²) in [6.45, 7) is 0. The molecular weight excluding hydrogens is 442 g/mol. The van der Waals surface area contributed by atoms with Gasteiger partial charge in [0.1, 0.15) is 5.75 Å². The summed E-state index contributed by atoms with van der Waals surface area (Å²) in [7, 11) is 0. The number of hydrazone groups is 1. The Balaban J connectivity index is 1.40. The number of benzene rings is 4. The van der Waals surface area contributed by atoms with Crippen LogP contribution in [0, 0.1) is 0 Å². The van der Waals surface area contributed by atoms with Gasteiger partial charge in [0.2, 0.25) is 0 Å². The summed E-state index contributed by atoms with van der Waals surface area (Å²) >= 11 is 0. The molecule has 0 saturated carbocycles. The third-order valence-corrected chi connectivity index (χ3v) is 4.92. The summed E-state index contributed by atoms with van der Waals surface area (Å²) in [5.74, 6) is -0.923. The van der Waals surface area contributed by atoms with Crippen LogP contribution in [-0.2, 0) is 0 Å². The van der Waals surface area contributed by atoms with Gasteiger partial charge in [-0.2, -0.15) is 5.10 Å². The van der Waals surface area contributed by atoms with Crippen molar-refractivity contribution in [3.8, 4) is 5.75 Å². The van der Waals surface area contributed by atoms with E-state index in [0.717, 1.165) is 0 Å². The molecule has 2 N–H and O–H groups in total. The van der Waals surface area contributed by atoms with Gasteiger partial charge in [-0.05, 0) is 54.6 Å². The van der Waals surface area contributed by atoms with Gasteiger partial charge in [-0.25, -0.2) is 10.2 Å². The fourth-order valence-corrected chi connectivity index (χ4v) is 3.17. The van der Waals surface area contributed by atoms with Crippen LogP contribution >= 0.6 is 0 Å². The lowest BCUT2D eigenvalue weighted by Gasteiger charge is -2.08. The van der Waals surface area contributed by atoms with E-state index in [0.29, 0.717) is 33.7 Å². The first-order chi connectivity index (χ1) is 17.1. The Morgan fingerprint density at radius 3 is 2.03 bits per heavy atom. The van der Waals surface area contributed by atoms with Gasteiger partial charge in [0.05, 0.1) is 11.8 Å². The van der Waals surface area contributed by atoms with Crippen LogP contribution in [0.1, 0.15) is 36.6 Å². The highest BCUT2D eigenvalue weighted by Crippen LogP contribution is 2.18. The third-order valence-electron chi connectivity index (χ3n) is 4.92. The zero-order chi connectivity index (χ0) is 24.5. The number of hydrogen-bond donors (Lipinski definition) is 2. The second-order valence-corrected chi connectivity index (χ2v) is 7.39. The van der Waals surface area contributed by atoms with Crippen LogP contribution < -0.4 is 15.5 Å². The Hall–Kier alpha value is -5.04. The van der Waals surface area contributed by atoms with Gasteiger partial charge in [-0.3, -0.25) is 9.59 Å². The summed E-state index contributed by atoms with van der Waals surface area (Å²) < 4.78 is 5.48. The van der Waals surface area contributed by atoms with E-state index in [1.165, 1.54) is 6.21 Å². The van der Waals surface area contributed by atoms with Crippen LogP contribution in [0.25, 0.3) is 0 Å². The van der Waals surface area contributed by atoms with Crippen molar-refractivity contribution in [2.75, 3.05) is 5.32 Å². The van der Waals surface area contributed by atoms with E-state index in [4.69, 9.17) is 4.74 Å². The van der Waals surface area contributed by atoms with Gasteiger partial charge in [0.15, 0.2) is 0 Å². The highest BCUT2D eigenvalue weighted by atomic mass is 16.5. The molecule has 0 fully saturated rings. The number of nitrogens with one attached hydrogen (secondary N) is 2. The highest BCUT2D eigenvalue weighted by molar-refractivity contribution is 6.05. The highest BCUT2D eigenvalue weighted by Gasteiger charge is 2.11. The molecule has 0 radical (unpaired) electrons. The number of carbonyl (C=O) groups is 3. The van der Waals surface area contributed by atoms with Gasteiger partial charge in [0.25, 0.3) is 11.8 Å². The van der Waals surface area contributed by atoms with Crippen molar-refractivity contribution in [3.63, 3.8) is 0 Å². The number of nitrogens with zero attached hydrogens (tertiary/aromatic N) is 1. The van der Waals surface area contributed by atoms with Gasteiger partial charge in [-0.15, -0.1) is 0 Å². The summed E-state index contributed by atoms with van der Waals surface area (Å²) in [5.41, 5.74) is 4.70. The molecule has 0 saturated heterocycles. The Labute approximate surface area is 202 Å². The average molecular weight is 463 g/mol. The SMILES string of the molecule is O=C(NN=Cc1ccccc1OC(=O)c1ccccc1)c1cccc(NC(=O)c2ccccc2)c1. The van der Waals surface area contributed by atoms with Crippen molar-refractivity contribution in [3.05, 3.63) is 131 Å². The first kappa shape index (κ1) is 23.1. The average Bonchev–Trinajstić information content (AvgIpc) is 2.90. The molecule has 0 atom stereocenters. The van der Waals surface area contributed by atoms with Crippen molar-refractivity contribution in [2.24, 2.45) is 5.10 Å². The molecule has 0 bridgehead atoms. The van der Waals surface area contributed by atoms with Crippen LogP contribution in [0.3, 0.4) is 0 Å². The van der Waals surface area contributed by atoms with Crippen molar-refractivity contribution in [1.29, 1.82) is 0 Å². The smallest absolute Gasteiger partial charge is 0.343 e. The molecule has 35 heavy (non-hydrogen) atoms. The van der Waals surface area contributed by atoms with Gasteiger partial charge >= 0.3 is 5.97 Å². The summed E-state index contributed by atoms with van der Waals surface area (Å²) in [6.07, 6.45) is 1.40. The Morgan fingerprint density at radius 2 is 1.29 bits per heavy atom. The van der Waals surface area contributed by atoms with E-state index < -0.39 is 11.9 Å². The molecule has 0 aromatic heterocycles. The monoisotopic (exact) mass is 463 g/mol. The molecule has 4 aromatic rings. The zero-order valence-electron chi connectivity index (χ0n) is 18.5. The standard InChI is InChI=1S/C28H21N3O4/c32-26(20-10-3-1-4-11-20)30-24-16-9-15-22(18-24)27(33)31-29-19-23-14-7-8-17-25(23)35-28(34)21-12-5-2-6-13-21/h1-19H,(H,30,32)(H,31,33). The number of hydrogen-bond acceptors (Lipinski definition) is 5. The maximum atomic E-state index is 12.6. The first-order valence-electron chi connectivity index (χ1n) is 10.8. The number of ether oxygens (including phenoxy) is 1. The van der Waals surface area contributed by atoms with Crippen LogP contribution in [0.4, 0.5) is 5.69 Å². The maximum Gasteiger partial charge on any atom is 0.343 e. The molecular formula is C28H21N3O4. The number of anilines is 1. The molecule has 0 aliphatic heterocycles. The van der Waals surface area contributed by atoms with E-state index in [1.807, 2.05) is 12.1 Å². The minimum Gasteiger partial charge on any atom is -0.422 e. The van der Waals surface area contributed by atoms with Crippen LogP contribution in [-0.4, -0.2) is 24.0 Å². The fraction of sp³-hybridized carbons (Fsp3) is 0. The lowest BCUT2D eigenvalue weighted by molar-refractivity contribution is 0.0734. The third kappa shape index (κ3) is 6.27. The van der Waals surface area contributed by atoms with Crippen LogP contribution in [0.15, 0.2) is 114 Å². The molecule has 172 valence electrons. The molecule has 7 nitrogen and oxygen atoms in total. The summed E-state index contributed by atoms with van der Waals surface area (Å²) in [5, 5.41) is 6.76. The molecule has 7 heteroatoms. The van der Waals surface area contributed by atoms with E-state index in [1.54, 1.807) is 97.1 Å². The zero-order valence-corrected chi connectivity index (χ0v) is 18.5. The molecule has 0 heterocycles. The molecule has 4 rings (SSSR count). The predicted molar refractivity (Wildman–Crippen MR) is 134 cm³/mol. The maximum absolute atomic E-state index is 12.6. The van der Waals surface area contributed by atoms with E-state index in [9.17, 15) is 14.4 Å². The van der Waals surface area contributed by atoms with Crippen molar-refractivity contribution < 1.29 is 19.1 Å². The minimum atomic E-state index is -0.496. The van der Waals surface area contributed by atoms with Crippen LogP contribution in [0.5, 0.6) is 5.75 Å². The molecule has 4 aromatic carbocycles. The van der Waals surface area contributed by atoms with Gasteiger partial charge in [0, 0.05) is 22.4 Å². The van der Waals surface area contributed by atoms with E-state index in [2.05, 4.69) is 15.8 Å². The van der Waals surface area contributed by atoms with Gasteiger partial charge in [-0.1, -0.05) is 54.6 Å². The largest absolute Gasteiger partial charge is 0.422 e.